The van der Waals surface area contributed by atoms with Gasteiger partial charge >= 0.3 is 0 Å². The first-order valence-corrected chi connectivity index (χ1v) is 6.86. The van der Waals surface area contributed by atoms with E-state index in [1.165, 1.54) is 5.56 Å². The summed E-state index contributed by atoms with van der Waals surface area (Å²) in [5, 5.41) is 10.2. The van der Waals surface area contributed by atoms with E-state index in [9.17, 15) is 5.11 Å². The number of benzene rings is 2. The number of nitrogens with zero attached hydrogens (tertiary/aromatic N) is 2. The lowest BCUT2D eigenvalue weighted by Gasteiger charge is -2.08. The summed E-state index contributed by atoms with van der Waals surface area (Å²) >= 11 is 5.91. The highest BCUT2D eigenvalue weighted by Gasteiger charge is 2.10. The second-order valence-corrected chi connectivity index (χ2v) is 5.33. The standard InChI is InChI=1S/C16H15ClN2O/c1-11-2-7-14-15(8-11)19(16(10-20)18-14)9-12-3-5-13(17)6-4-12/h2-8,20H,9-10H2,1H3. The van der Waals surface area contributed by atoms with Gasteiger partial charge in [0.1, 0.15) is 12.4 Å². The minimum absolute atomic E-state index is 0.0681. The van der Waals surface area contributed by atoms with E-state index in [0.29, 0.717) is 12.4 Å². The molecule has 0 saturated heterocycles. The van der Waals surface area contributed by atoms with Crippen LogP contribution in [0, 0.1) is 6.92 Å². The molecule has 4 heteroatoms. The molecule has 3 aromatic rings. The van der Waals surface area contributed by atoms with Crippen molar-refractivity contribution in [2.45, 2.75) is 20.1 Å². The normalized spacial score (nSPS) is 11.2. The van der Waals surface area contributed by atoms with Crippen molar-refractivity contribution in [3.63, 3.8) is 0 Å². The molecule has 0 amide bonds. The summed E-state index contributed by atoms with van der Waals surface area (Å²) in [4.78, 5) is 4.47. The first-order valence-electron chi connectivity index (χ1n) is 6.48. The highest BCUT2D eigenvalue weighted by Crippen LogP contribution is 2.20. The Morgan fingerprint density at radius 3 is 2.60 bits per heavy atom. The van der Waals surface area contributed by atoms with Crippen LogP contribution in [-0.4, -0.2) is 14.7 Å². The van der Waals surface area contributed by atoms with E-state index in [1.807, 2.05) is 41.0 Å². The van der Waals surface area contributed by atoms with Crippen molar-refractivity contribution in [2.24, 2.45) is 0 Å². The van der Waals surface area contributed by atoms with Crippen molar-refractivity contribution in [2.75, 3.05) is 0 Å². The maximum atomic E-state index is 9.51. The van der Waals surface area contributed by atoms with Crippen LogP contribution in [0.4, 0.5) is 0 Å². The van der Waals surface area contributed by atoms with Gasteiger partial charge in [0.15, 0.2) is 0 Å². The molecule has 0 aliphatic rings. The van der Waals surface area contributed by atoms with Gasteiger partial charge in [-0.05, 0) is 42.3 Å². The lowest BCUT2D eigenvalue weighted by molar-refractivity contribution is 0.267. The highest BCUT2D eigenvalue weighted by molar-refractivity contribution is 6.30. The van der Waals surface area contributed by atoms with Crippen LogP contribution in [-0.2, 0) is 13.2 Å². The van der Waals surface area contributed by atoms with E-state index in [-0.39, 0.29) is 6.61 Å². The third-order valence-corrected chi connectivity index (χ3v) is 3.63. The smallest absolute Gasteiger partial charge is 0.136 e. The summed E-state index contributed by atoms with van der Waals surface area (Å²) in [7, 11) is 0. The monoisotopic (exact) mass is 286 g/mol. The van der Waals surface area contributed by atoms with Gasteiger partial charge in [-0.1, -0.05) is 29.8 Å². The molecule has 0 aliphatic heterocycles. The van der Waals surface area contributed by atoms with Gasteiger partial charge in [0.05, 0.1) is 11.0 Å². The van der Waals surface area contributed by atoms with Crippen LogP contribution >= 0.6 is 11.6 Å². The number of aliphatic hydroxyl groups is 1. The third kappa shape index (κ3) is 2.42. The van der Waals surface area contributed by atoms with Gasteiger partial charge in [-0.15, -0.1) is 0 Å². The molecule has 1 N–H and O–H groups in total. The Balaban J connectivity index is 2.08. The molecule has 1 aromatic heterocycles. The summed E-state index contributed by atoms with van der Waals surface area (Å²) in [5.74, 6) is 0.681. The van der Waals surface area contributed by atoms with Crippen LogP contribution in [0.25, 0.3) is 11.0 Å². The van der Waals surface area contributed by atoms with Crippen molar-refractivity contribution in [3.8, 4) is 0 Å². The SMILES string of the molecule is Cc1ccc2nc(CO)n(Cc3ccc(Cl)cc3)c2c1. The van der Waals surface area contributed by atoms with E-state index in [2.05, 4.69) is 18.0 Å². The summed E-state index contributed by atoms with van der Waals surface area (Å²) in [6.07, 6.45) is 0. The average Bonchev–Trinajstić information content (AvgIpc) is 2.79. The van der Waals surface area contributed by atoms with E-state index >= 15 is 0 Å². The van der Waals surface area contributed by atoms with Gasteiger partial charge < -0.3 is 9.67 Å². The van der Waals surface area contributed by atoms with Crippen LogP contribution in [0.1, 0.15) is 17.0 Å². The Kier molecular flexibility index (Phi) is 3.47. The van der Waals surface area contributed by atoms with Gasteiger partial charge in [-0.3, -0.25) is 0 Å². The van der Waals surface area contributed by atoms with Gasteiger partial charge in [-0.25, -0.2) is 4.98 Å². The molecule has 3 nitrogen and oxygen atoms in total. The molecule has 0 saturated carbocycles. The fourth-order valence-electron chi connectivity index (χ4n) is 2.35. The van der Waals surface area contributed by atoms with Crippen molar-refractivity contribution >= 4 is 22.6 Å². The highest BCUT2D eigenvalue weighted by atomic mass is 35.5. The lowest BCUT2D eigenvalue weighted by Crippen LogP contribution is -2.05. The van der Waals surface area contributed by atoms with Gasteiger partial charge in [0.2, 0.25) is 0 Å². The van der Waals surface area contributed by atoms with Crippen LogP contribution in [0.15, 0.2) is 42.5 Å². The molecule has 0 unspecified atom stereocenters. The number of imidazole rings is 1. The Bertz CT molecular complexity index is 747. The average molecular weight is 287 g/mol. The van der Waals surface area contributed by atoms with E-state index in [0.717, 1.165) is 21.6 Å². The zero-order valence-corrected chi connectivity index (χ0v) is 11.9. The van der Waals surface area contributed by atoms with E-state index in [1.54, 1.807) is 0 Å². The van der Waals surface area contributed by atoms with Gasteiger partial charge in [0.25, 0.3) is 0 Å². The molecule has 20 heavy (non-hydrogen) atoms. The predicted octanol–water partition coefficient (Wildman–Crippen LogP) is 3.54. The maximum Gasteiger partial charge on any atom is 0.136 e. The zero-order chi connectivity index (χ0) is 14.1. The molecule has 2 aromatic carbocycles. The fourth-order valence-corrected chi connectivity index (χ4v) is 2.48. The Morgan fingerprint density at radius 1 is 1.15 bits per heavy atom. The summed E-state index contributed by atoms with van der Waals surface area (Å²) in [6, 6.07) is 13.8. The molecule has 0 spiro atoms. The summed E-state index contributed by atoms with van der Waals surface area (Å²) in [6.45, 7) is 2.66. The number of aliphatic hydroxyl groups excluding tert-OH is 1. The summed E-state index contributed by atoms with van der Waals surface area (Å²) in [5.41, 5.74) is 4.27. The van der Waals surface area contributed by atoms with Crippen LogP contribution in [0.5, 0.6) is 0 Å². The molecule has 3 rings (SSSR count). The molecular weight excluding hydrogens is 272 g/mol. The largest absolute Gasteiger partial charge is 0.388 e. The number of fused-ring (bicyclic) bond motifs is 1. The maximum absolute atomic E-state index is 9.51. The van der Waals surface area contributed by atoms with E-state index < -0.39 is 0 Å². The Hall–Kier alpha value is -1.84. The van der Waals surface area contributed by atoms with Crippen molar-refractivity contribution in [3.05, 3.63) is 64.4 Å². The molecule has 0 radical (unpaired) electrons. The quantitative estimate of drug-likeness (QED) is 0.800. The number of hydrogen-bond donors (Lipinski definition) is 1. The number of halogens is 1. The lowest BCUT2D eigenvalue weighted by atomic mass is 10.2. The number of hydrogen-bond acceptors (Lipinski definition) is 2. The number of aryl methyl sites for hydroxylation is 1. The third-order valence-electron chi connectivity index (χ3n) is 3.38. The molecule has 0 bridgehead atoms. The minimum Gasteiger partial charge on any atom is -0.388 e. The van der Waals surface area contributed by atoms with Crippen LogP contribution < -0.4 is 0 Å². The van der Waals surface area contributed by atoms with Crippen molar-refractivity contribution in [1.82, 2.24) is 9.55 Å². The van der Waals surface area contributed by atoms with Crippen molar-refractivity contribution < 1.29 is 5.11 Å². The minimum atomic E-state index is -0.0681. The molecule has 0 fully saturated rings. The fraction of sp³-hybridized carbons (Fsp3) is 0.188. The second kappa shape index (κ2) is 5.27. The first kappa shape index (κ1) is 13.2. The Morgan fingerprint density at radius 2 is 1.90 bits per heavy atom. The molecule has 102 valence electrons. The topological polar surface area (TPSA) is 38.1 Å². The first-order chi connectivity index (χ1) is 9.67. The molecule has 1 heterocycles. The number of rotatable bonds is 3. The number of aromatic nitrogens is 2. The molecular formula is C16H15ClN2O. The predicted molar refractivity (Wildman–Crippen MR) is 80.9 cm³/mol. The van der Waals surface area contributed by atoms with Gasteiger partial charge in [-0.2, -0.15) is 0 Å². The van der Waals surface area contributed by atoms with Crippen molar-refractivity contribution in [1.29, 1.82) is 0 Å². The molecule has 0 aliphatic carbocycles. The van der Waals surface area contributed by atoms with Crippen LogP contribution in [0.2, 0.25) is 5.02 Å². The van der Waals surface area contributed by atoms with Crippen LogP contribution in [0.3, 0.4) is 0 Å². The summed E-state index contributed by atoms with van der Waals surface area (Å²) < 4.78 is 2.05. The van der Waals surface area contributed by atoms with E-state index in [4.69, 9.17) is 11.6 Å². The Labute approximate surface area is 122 Å². The zero-order valence-electron chi connectivity index (χ0n) is 11.2. The molecule has 0 atom stereocenters. The van der Waals surface area contributed by atoms with Gasteiger partial charge in [0, 0.05) is 11.6 Å². The second-order valence-electron chi connectivity index (χ2n) is 4.89.